The molecule has 1 fully saturated rings. The molecule has 0 radical (unpaired) electrons. The first-order chi connectivity index (χ1) is 7.91. The molecular weight excluding hydrogens is 298 g/mol. The van der Waals surface area contributed by atoms with Crippen molar-refractivity contribution in [2.45, 2.75) is 30.7 Å². The molecule has 0 aromatic heterocycles. The van der Waals surface area contributed by atoms with Gasteiger partial charge in [0, 0.05) is 0 Å². The summed E-state index contributed by atoms with van der Waals surface area (Å²) < 4.78 is 81.0. The minimum atomic E-state index is -6.04. The second kappa shape index (κ2) is 4.26. The van der Waals surface area contributed by atoms with E-state index >= 15 is 0 Å². The predicted molar refractivity (Wildman–Crippen MR) is 41.3 cm³/mol. The van der Waals surface area contributed by atoms with Crippen LogP contribution in [0.4, 0.5) is 26.3 Å². The Morgan fingerprint density at radius 3 is 1.94 bits per heavy atom. The summed E-state index contributed by atoms with van der Waals surface area (Å²) >= 11 is 4.76. The van der Waals surface area contributed by atoms with Crippen LogP contribution < -0.4 is 0 Å². The van der Waals surface area contributed by atoms with Crippen LogP contribution in [0.1, 0.15) is 6.42 Å². The lowest BCUT2D eigenvalue weighted by Gasteiger charge is -2.30. The summed E-state index contributed by atoms with van der Waals surface area (Å²) in [6.07, 6.45) is -15.6. The van der Waals surface area contributed by atoms with Crippen molar-refractivity contribution in [2.75, 3.05) is 0 Å². The molecule has 4 nitrogen and oxygen atoms in total. The highest BCUT2D eigenvalue weighted by Crippen LogP contribution is 2.50. The molecule has 1 aliphatic rings. The number of carbonyl (C=O) groups excluding carboxylic acids is 2. The summed E-state index contributed by atoms with van der Waals surface area (Å²) in [5, 5.41) is -1.34. The third-order valence-electron chi connectivity index (χ3n) is 1.91. The van der Waals surface area contributed by atoms with Gasteiger partial charge in [0.1, 0.15) is 0 Å². The molecule has 0 spiro atoms. The zero-order valence-corrected chi connectivity index (χ0v) is 8.82. The van der Waals surface area contributed by atoms with E-state index in [2.05, 4.69) is 9.47 Å². The Bertz CT molecular complexity index is 361. The Hall–Kier alpha value is -1.03. The average Bonchev–Trinajstić information content (AvgIpc) is 2.41. The van der Waals surface area contributed by atoms with Gasteiger partial charge in [-0.1, -0.05) is 0 Å². The fourth-order valence-corrected chi connectivity index (χ4v) is 1.30. The molecule has 0 unspecified atom stereocenters. The van der Waals surface area contributed by atoms with E-state index < -0.39 is 41.9 Å². The van der Waals surface area contributed by atoms with Crippen molar-refractivity contribution in [3.05, 3.63) is 0 Å². The van der Waals surface area contributed by atoms with Gasteiger partial charge >= 0.3 is 24.1 Å². The first-order valence-electron chi connectivity index (χ1n) is 4.13. The fraction of sp³-hybridized carbons (Fsp3) is 0.714. The van der Waals surface area contributed by atoms with E-state index in [1.165, 1.54) is 0 Å². The lowest BCUT2D eigenvalue weighted by molar-refractivity contribution is -0.439. The maximum Gasteiger partial charge on any atom is 0.465 e. The van der Waals surface area contributed by atoms with Gasteiger partial charge in [0.2, 0.25) is 5.24 Å². The number of cyclic esters (lactones) is 1. The summed E-state index contributed by atoms with van der Waals surface area (Å²) in [6, 6.07) is 0. The zero-order valence-electron chi connectivity index (χ0n) is 8.06. The molecule has 1 heterocycles. The number of alkyl halides is 6. The molecule has 1 aliphatic heterocycles. The molecule has 0 aromatic rings. The van der Waals surface area contributed by atoms with Crippen LogP contribution in [0.5, 0.6) is 0 Å². The normalized spacial score (nSPS) is 23.9. The first-order valence-corrected chi connectivity index (χ1v) is 4.51. The van der Waals surface area contributed by atoms with Crippen molar-refractivity contribution in [2.24, 2.45) is 0 Å². The minimum Gasteiger partial charge on any atom is -0.414 e. The van der Waals surface area contributed by atoms with E-state index in [0.717, 1.165) is 0 Å². The molecule has 11 heteroatoms. The lowest BCUT2D eigenvalue weighted by Crippen LogP contribution is -2.58. The lowest BCUT2D eigenvalue weighted by atomic mass is 10.2. The van der Waals surface area contributed by atoms with Gasteiger partial charge in [0.25, 0.3) is 0 Å². The maximum atomic E-state index is 12.4. The second-order valence-electron chi connectivity index (χ2n) is 3.20. The average molecular weight is 301 g/mol. The number of hydrogen-bond donors (Lipinski definition) is 0. The quantitative estimate of drug-likeness (QED) is 0.444. The summed E-state index contributed by atoms with van der Waals surface area (Å²) in [5.41, 5.74) is 0. The Labute approximate surface area is 99.8 Å². The highest BCUT2D eigenvalue weighted by Gasteiger charge is 2.80. The van der Waals surface area contributed by atoms with Crippen LogP contribution in [0.2, 0.25) is 0 Å². The molecule has 0 N–H and O–H groups in total. The molecule has 0 bridgehead atoms. The largest absolute Gasteiger partial charge is 0.465 e. The van der Waals surface area contributed by atoms with Crippen molar-refractivity contribution in [3.8, 4) is 0 Å². The number of esters is 1. The van der Waals surface area contributed by atoms with E-state index in [1.54, 1.807) is 0 Å². The third kappa shape index (κ3) is 2.39. The van der Waals surface area contributed by atoms with E-state index in [9.17, 15) is 35.9 Å². The number of ether oxygens (including phenoxy) is 2. The van der Waals surface area contributed by atoms with Gasteiger partial charge in [0.05, 0.1) is 6.42 Å². The minimum absolute atomic E-state index is 1.16. The number of carbonyl (C=O) groups is 2. The van der Waals surface area contributed by atoms with Gasteiger partial charge < -0.3 is 9.47 Å². The molecule has 1 rings (SSSR count). The van der Waals surface area contributed by atoms with E-state index in [4.69, 9.17) is 11.6 Å². The molecule has 0 saturated carbocycles. The van der Waals surface area contributed by atoms with E-state index in [0.29, 0.717) is 0 Å². The Morgan fingerprint density at radius 1 is 1.22 bits per heavy atom. The van der Waals surface area contributed by atoms with E-state index in [1.807, 2.05) is 0 Å². The van der Waals surface area contributed by atoms with Crippen molar-refractivity contribution < 1.29 is 45.4 Å². The topological polar surface area (TPSA) is 52.6 Å². The molecule has 0 aliphatic carbocycles. The molecule has 18 heavy (non-hydrogen) atoms. The third-order valence-corrected chi connectivity index (χ3v) is 2.06. The van der Waals surface area contributed by atoms with Gasteiger partial charge in [0.15, 0.2) is 6.10 Å². The zero-order chi connectivity index (χ0) is 14.4. The maximum absolute atomic E-state index is 12.4. The number of hydrogen-bond acceptors (Lipinski definition) is 4. The van der Waals surface area contributed by atoms with Crippen LogP contribution >= 0.6 is 11.6 Å². The van der Waals surface area contributed by atoms with Crippen LogP contribution in [-0.4, -0.2) is 35.5 Å². The fourth-order valence-electron chi connectivity index (χ4n) is 1.16. The van der Waals surface area contributed by atoms with Crippen LogP contribution in [0.15, 0.2) is 0 Å². The van der Waals surface area contributed by atoms with Crippen molar-refractivity contribution in [1.29, 1.82) is 0 Å². The SMILES string of the molecule is O=C(Cl)C[C@H]1OC(C(F)(F)F)(C(F)(F)F)OC1=O. The number of rotatable bonds is 2. The Morgan fingerprint density at radius 2 is 1.67 bits per heavy atom. The van der Waals surface area contributed by atoms with Crippen molar-refractivity contribution in [1.82, 2.24) is 0 Å². The number of halogens is 7. The monoisotopic (exact) mass is 300 g/mol. The van der Waals surface area contributed by atoms with Crippen LogP contribution in [0.3, 0.4) is 0 Å². The molecule has 0 amide bonds. The van der Waals surface area contributed by atoms with Crippen LogP contribution in [-0.2, 0) is 19.1 Å². The Kier molecular flexibility index (Phi) is 3.56. The summed E-state index contributed by atoms with van der Waals surface area (Å²) in [5.74, 6) is -7.02. The summed E-state index contributed by atoms with van der Waals surface area (Å²) in [4.78, 5) is 21.2. The van der Waals surface area contributed by atoms with Gasteiger partial charge in [-0.25, -0.2) is 4.79 Å². The van der Waals surface area contributed by atoms with Gasteiger partial charge in [-0.15, -0.1) is 0 Å². The first kappa shape index (κ1) is 15.0. The summed E-state index contributed by atoms with van der Waals surface area (Å²) in [7, 11) is 0. The summed E-state index contributed by atoms with van der Waals surface area (Å²) in [6.45, 7) is 0. The molecule has 104 valence electrons. The highest BCUT2D eigenvalue weighted by molar-refractivity contribution is 6.63. The standard InChI is InChI=1S/C7H3ClF6O4/c8-3(15)1-2-4(16)18-5(17-2,6(9,10)11)7(12,13)14/h2H,1H2/t2-/m1/s1. The molecular formula is C7H3ClF6O4. The van der Waals surface area contributed by atoms with Crippen molar-refractivity contribution in [3.63, 3.8) is 0 Å². The Balaban J connectivity index is 3.12. The van der Waals surface area contributed by atoms with Crippen molar-refractivity contribution >= 4 is 22.8 Å². The van der Waals surface area contributed by atoms with E-state index in [-0.39, 0.29) is 0 Å². The van der Waals surface area contributed by atoms with Gasteiger partial charge in [-0.05, 0) is 11.6 Å². The van der Waals surface area contributed by atoms with Gasteiger partial charge in [-0.3, -0.25) is 4.79 Å². The molecule has 1 saturated heterocycles. The highest BCUT2D eigenvalue weighted by atomic mass is 35.5. The molecule has 1 atom stereocenters. The smallest absolute Gasteiger partial charge is 0.414 e. The molecule has 0 aromatic carbocycles. The van der Waals surface area contributed by atoms with Gasteiger partial charge in [-0.2, -0.15) is 26.3 Å². The van der Waals surface area contributed by atoms with Crippen LogP contribution in [0.25, 0.3) is 0 Å². The second-order valence-corrected chi connectivity index (χ2v) is 3.62. The predicted octanol–water partition coefficient (Wildman–Crippen LogP) is 1.90. The van der Waals surface area contributed by atoms with Crippen LogP contribution in [0, 0.1) is 0 Å².